The van der Waals surface area contributed by atoms with E-state index >= 15 is 0 Å². The molecule has 5 nitrogen and oxygen atoms in total. The van der Waals surface area contributed by atoms with Crippen molar-refractivity contribution in [3.8, 4) is 0 Å². The molecule has 0 radical (unpaired) electrons. The van der Waals surface area contributed by atoms with Crippen molar-refractivity contribution in [3.63, 3.8) is 0 Å². The Bertz CT molecular complexity index is 460. The predicted molar refractivity (Wildman–Crippen MR) is 83.1 cm³/mol. The second kappa shape index (κ2) is 7.75. The number of thioether (sulfide) groups is 1. The fraction of sp³-hybridized carbons (Fsp3) is 0.667. The van der Waals surface area contributed by atoms with E-state index in [1.807, 2.05) is 12.4 Å². The molecule has 6 heteroatoms. The molecule has 0 spiro atoms. The summed E-state index contributed by atoms with van der Waals surface area (Å²) in [7, 11) is 1.44. The summed E-state index contributed by atoms with van der Waals surface area (Å²) < 4.78 is 4.75. The molecular weight excluding hydrogens is 286 g/mol. The first-order valence-corrected chi connectivity index (χ1v) is 8.37. The van der Waals surface area contributed by atoms with Crippen LogP contribution in [0.5, 0.6) is 0 Å². The molecule has 1 heterocycles. The minimum Gasteiger partial charge on any atom is -0.469 e. The standard InChI is InChI=1S/C15H23N3O2S/c1-3-6-16-8-12-9-17-14(18-10-12)21-11-15(4-5-15)7-13(19)20-2/h9-10,16H,3-8,11H2,1-2H3. The Balaban J connectivity index is 1.77. The Labute approximate surface area is 130 Å². The van der Waals surface area contributed by atoms with Gasteiger partial charge in [-0.15, -0.1) is 0 Å². The average Bonchev–Trinajstić information content (AvgIpc) is 3.26. The molecule has 0 atom stereocenters. The molecule has 0 saturated heterocycles. The summed E-state index contributed by atoms with van der Waals surface area (Å²) in [6.45, 7) is 3.96. The molecule has 1 fully saturated rings. The molecule has 1 saturated carbocycles. The van der Waals surface area contributed by atoms with Gasteiger partial charge in [0.25, 0.3) is 0 Å². The van der Waals surface area contributed by atoms with E-state index in [1.54, 1.807) is 11.8 Å². The van der Waals surface area contributed by atoms with Gasteiger partial charge in [-0.25, -0.2) is 9.97 Å². The van der Waals surface area contributed by atoms with E-state index < -0.39 is 0 Å². The van der Waals surface area contributed by atoms with Crippen LogP contribution in [0.1, 0.15) is 38.2 Å². The Morgan fingerprint density at radius 1 is 1.43 bits per heavy atom. The molecule has 0 aliphatic heterocycles. The fourth-order valence-corrected chi connectivity index (χ4v) is 3.14. The lowest BCUT2D eigenvalue weighted by atomic mass is 10.1. The van der Waals surface area contributed by atoms with E-state index in [0.29, 0.717) is 6.42 Å². The molecule has 0 bridgehead atoms. The first-order valence-electron chi connectivity index (χ1n) is 7.39. The maximum atomic E-state index is 11.4. The predicted octanol–water partition coefficient (Wildman–Crippen LogP) is 2.41. The number of nitrogens with one attached hydrogen (secondary N) is 1. The van der Waals surface area contributed by atoms with Gasteiger partial charge in [0.15, 0.2) is 5.16 Å². The van der Waals surface area contributed by atoms with Gasteiger partial charge in [0, 0.05) is 30.3 Å². The minimum atomic E-state index is -0.119. The first kappa shape index (κ1) is 16.2. The zero-order chi connectivity index (χ0) is 15.1. The smallest absolute Gasteiger partial charge is 0.306 e. The lowest BCUT2D eigenvalue weighted by molar-refractivity contribution is -0.141. The van der Waals surface area contributed by atoms with Gasteiger partial charge in [-0.2, -0.15) is 0 Å². The number of rotatable bonds is 9. The maximum Gasteiger partial charge on any atom is 0.306 e. The molecule has 1 aliphatic carbocycles. The van der Waals surface area contributed by atoms with Crippen LogP contribution in [-0.2, 0) is 16.1 Å². The normalized spacial score (nSPS) is 15.7. The van der Waals surface area contributed by atoms with E-state index in [-0.39, 0.29) is 11.4 Å². The second-order valence-corrected chi connectivity index (χ2v) is 6.53. The van der Waals surface area contributed by atoms with Gasteiger partial charge in [0.1, 0.15) is 0 Å². The molecule has 116 valence electrons. The van der Waals surface area contributed by atoms with Crippen molar-refractivity contribution in [1.82, 2.24) is 15.3 Å². The monoisotopic (exact) mass is 309 g/mol. The van der Waals surface area contributed by atoms with E-state index in [4.69, 9.17) is 4.74 Å². The van der Waals surface area contributed by atoms with Gasteiger partial charge in [0.05, 0.1) is 13.5 Å². The Kier molecular flexibility index (Phi) is 5.99. The third-order valence-electron chi connectivity index (χ3n) is 3.65. The zero-order valence-electron chi connectivity index (χ0n) is 12.7. The van der Waals surface area contributed by atoms with Crippen molar-refractivity contribution in [2.45, 2.75) is 44.3 Å². The van der Waals surface area contributed by atoms with Crippen LogP contribution in [-0.4, -0.2) is 35.3 Å². The molecule has 2 rings (SSSR count). The minimum absolute atomic E-state index is 0.114. The van der Waals surface area contributed by atoms with Crippen molar-refractivity contribution < 1.29 is 9.53 Å². The van der Waals surface area contributed by atoms with Crippen LogP contribution >= 0.6 is 11.8 Å². The van der Waals surface area contributed by atoms with E-state index in [2.05, 4.69) is 22.2 Å². The fourth-order valence-electron chi connectivity index (χ4n) is 2.06. The maximum absolute atomic E-state index is 11.4. The molecule has 1 N–H and O–H groups in total. The number of aromatic nitrogens is 2. The highest BCUT2D eigenvalue weighted by atomic mass is 32.2. The summed E-state index contributed by atoms with van der Waals surface area (Å²) >= 11 is 1.63. The number of carbonyl (C=O) groups is 1. The SMILES string of the molecule is CCCNCc1cnc(SCC2(CC(=O)OC)CC2)nc1. The zero-order valence-corrected chi connectivity index (χ0v) is 13.5. The Hall–Kier alpha value is -1.14. The van der Waals surface area contributed by atoms with E-state index in [9.17, 15) is 4.79 Å². The number of carbonyl (C=O) groups excluding carboxylic acids is 1. The molecule has 21 heavy (non-hydrogen) atoms. The van der Waals surface area contributed by atoms with Crippen molar-refractivity contribution in [1.29, 1.82) is 0 Å². The van der Waals surface area contributed by atoms with Gasteiger partial charge in [-0.05, 0) is 31.2 Å². The second-order valence-electron chi connectivity index (χ2n) is 5.59. The van der Waals surface area contributed by atoms with E-state index in [0.717, 1.165) is 48.8 Å². The largest absolute Gasteiger partial charge is 0.469 e. The average molecular weight is 309 g/mol. The highest BCUT2D eigenvalue weighted by Gasteiger charge is 2.44. The quantitative estimate of drug-likeness (QED) is 0.327. The van der Waals surface area contributed by atoms with Crippen molar-refractivity contribution in [2.24, 2.45) is 5.41 Å². The van der Waals surface area contributed by atoms with Crippen molar-refractivity contribution in [3.05, 3.63) is 18.0 Å². The molecule has 0 aromatic carbocycles. The third kappa shape index (κ3) is 5.28. The number of esters is 1. The number of ether oxygens (including phenoxy) is 1. The first-order chi connectivity index (χ1) is 10.2. The van der Waals surface area contributed by atoms with Gasteiger partial charge in [0.2, 0.25) is 0 Å². The summed E-state index contributed by atoms with van der Waals surface area (Å²) in [5.41, 5.74) is 1.21. The summed E-state index contributed by atoms with van der Waals surface area (Å²) in [4.78, 5) is 20.1. The number of nitrogens with zero attached hydrogens (tertiary/aromatic N) is 2. The molecule has 0 unspecified atom stereocenters. The summed E-state index contributed by atoms with van der Waals surface area (Å²) in [5, 5.41) is 4.11. The van der Waals surface area contributed by atoms with Gasteiger partial charge < -0.3 is 10.1 Å². The van der Waals surface area contributed by atoms with Crippen LogP contribution in [0.25, 0.3) is 0 Å². The van der Waals surface area contributed by atoms with Crippen LogP contribution in [0.3, 0.4) is 0 Å². The van der Waals surface area contributed by atoms with Gasteiger partial charge in [-0.1, -0.05) is 18.7 Å². The molecule has 1 aromatic rings. The number of methoxy groups -OCH3 is 1. The lowest BCUT2D eigenvalue weighted by Gasteiger charge is -2.12. The summed E-state index contributed by atoms with van der Waals surface area (Å²) in [5.74, 6) is 0.765. The van der Waals surface area contributed by atoms with Crippen molar-refractivity contribution in [2.75, 3.05) is 19.4 Å². The van der Waals surface area contributed by atoms with Gasteiger partial charge >= 0.3 is 5.97 Å². The molecular formula is C15H23N3O2S. The van der Waals surface area contributed by atoms with Crippen LogP contribution in [0.4, 0.5) is 0 Å². The van der Waals surface area contributed by atoms with Crippen LogP contribution < -0.4 is 5.32 Å². The molecule has 1 aliphatic rings. The lowest BCUT2D eigenvalue weighted by Crippen LogP contribution is -2.14. The number of hydrogen-bond donors (Lipinski definition) is 1. The van der Waals surface area contributed by atoms with E-state index in [1.165, 1.54) is 7.11 Å². The topological polar surface area (TPSA) is 64.1 Å². The Morgan fingerprint density at radius 3 is 2.71 bits per heavy atom. The number of hydrogen-bond acceptors (Lipinski definition) is 6. The van der Waals surface area contributed by atoms with Crippen molar-refractivity contribution >= 4 is 17.7 Å². The Morgan fingerprint density at radius 2 is 2.14 bits per heavy atom. The van der Waals surface area contributed by atoms with Crippen LogP contribution in [0.15, 0.2) is 17.6 Å². The summed E-state index contributed by atoms with van der Waals surface area (Å²) in [6, 6.07) is 0. The van der Waals surface area contributed by atoms with Crippen LogP contribution in [0.2, 0.25) is 0 Å². The van der Waals surface area contributed by atoms with Crippen LogP contribution in [0, 0.1) is 5.41 Å². The third-order valence-corrected chi connectivity index (χ3v) is 4.87. The highest BCUT2D eigenvalue weighted by Crippen LogP contribution is 2.51. The summed E-state index contributed by atoms with van der Waals surface area (Å²) in [6.07, 6.45) is 7.56. The van der Waals surface area contributed by atoms with Gasteiger partial charge in [-0.3, -0.25) is 4.79 Å². The highest BCUT2D eigenvalue weighted by molar-refractivity contribution is 7.99. The molecule has 0 amide bonds. The molecule has 1 aromatic heterocycles.